The third-order valence-electron chi connectivity index (χ3n) is 6.64. The van der Waals surface area contributed by atoms with Crippen molar-refractivity contribution in [2.75, 3.05) is 51.3 Å². The molecule has 0 saturated carbocycles. The van der Waals surface area contributed by atoms with E-state index in [1.54, 1.807) is 12.1 Å². The fourth-order valence-corrected chi connectivity index (χ4v) is 4.66. The summed E-state index contributed by atoms with van der Waals surface area (Å²) in [6, 6.07) is 28.0. The van der Waals surface area contributed by atoms with Gasteiger partial charge in [-0.15, -0.1) is 0 Å². The molecule has 5 rings (SSSR count). The molecule has 1 saturated heterocycles. The van der Waals surface area contributed by atoms with Crippen molar-refractivity contribution in [2.24, 2.45) is 0 Å². The fraction of sp³-hybridized carbons (Fsp3) is 0.226. The average molecular weight is 494 g/mol. The van der Waals surface area contributed by atoms with E-state index in [1.165, 1.54) is 12.7 Å². The van der Waals surface area contributed by atoms with E-state index in [2.05, 4.69) is 45.1 Å². The second-order valence-electron chi connectivity index (χ2n) is 9.13. The minimum absolute atomic E-state index is 0.333. The molecule has 0 radical (unpaired) electrons. The summed E-state index contributed by atoms with van der Waals surface area (Å²) in [4.78, 5) is 21.1. The van der Waals surface area contributed by atoms with Gasteiger partial charge in [0.05, 0.1) is 12.7 Å². The molecule has 37 heavy (non-hydrogen) atoms. The number of benzene rings is 3. The van der Waals surface area contributed by atoms with Crippen LogP contribution in [0.4, 0.5) is 5.82 Å². The van der Waals surface area contributed by atoms with Gasteiger partial charge < -0.3 is 14.4 Å². The van der Waals surface area contributed by atoms with Gasteiger partial charge in [-0.2, -0.15) is 0 Å². The summed E-state index contributed by atoms with van der Waals surface area (Å²) >= 11 is 0. The number of esters is 1. The summed E-state index contributed by atoms with van der Waals surface area (Å²) < 4.78 is 11.2. The maximum atomic E-state index is 11.8. The number of rotatable bonds is 8. The highest BCUT2D eigenvalue weighted by molar-refractivity contribution is 5.89. The molecule has 0 bridgehead atoms. The molecule has 6 nitrogen and oxygen atoms in total. The molecule has 1 aromatic heterocycles. The van der Waals surface area contributed by atoms with Crippen molar-refractivity contribution in [3.8, 4) is 5.75 Å². The normalized spacial score (nSPS) is 14.5. The number of hydrogen-bond donors (Lipinski definition) is 0. The summed E-state index contributed by atoms with van der Waals surface area (Å²) in [5, 5.41) is 2.27. The molecule has 1 aliphatic rings. The van der Waals surface area contributed by atoms with Gasteiger partial charge in [0.2, 0.25) is 0 Å². The number of hydrogen-bond acceptors (Lipinski definition) is 6. The molecule has 1 fully saturated rings. The Kier molecular flexibility index (Phi) is 7.77. The van der Waals surface area contributed by atoms with E-state index >= 15 is 0 Å². The topological polar surface area (TPSA) is 54.9 Å². The van der Waals surface area contributed by atoms with E-state index in [0.29, 0.717) is 12.2 Å². The second kappa shape index (κ2) is 11.7. The summed E-state index contributed by atoms with van der Waals surface area (Å²) in [6.45, 7) is 5.05. The van der Waals surface area contributed by atoms with E-state index in [1.807, 2.05) is 54.7 Å². The number of carbonyl (C=O) groups is 1. The molecule has 0 spiro atoms. The van der Waals surface area contributed by atoms with Crippen LogP contribution in [-0.2, 0) is 4.74 Å². The molecule has 3 aromatic carbocycles. The van der Waals surface area contributed by atoms with Gasteiger partial charge in [0.1, 0.15) is 18.2 Å². The first-order valence-corrected chi connectivity index (χ1v) is 12.6. The number of ether oxygens (including phenoxy) is 2. The smallest absolute Gasteiger partial charge is 0.337 e. The molecule has 188 valence electrons. The molecule has 0 amide bonds. The van der Waals surface area contributed by atoms with Gasteiger partial charge in [0.15, 0.2) is 0 Å². The molecule has 1 aliphatic heterocycles. The largest absolute Gasteiger partial charge is 0.489 e. The van der Waals surface area contributed by atoms with Crippen molar-refractivity contribution in [1.29, 1.82) is 0 Å². The van der Waals surface area contributed by atoms with Gasteiger partial charge in [-0.3, -0.25) is 4.90 Å². The van der Waals surface area contributed by atoms with Crippen molar-refractivity contribution in [3.05, 3.63) is 108 Å². The lowest BCUT2D eigenvalue weighted by atomic mass is 10.1. The van der Waals surface area contributed by atoms with Crippen molar-refractivity contribution in [2.45, 2.75) is 0 Å². The van der Waals surface area contributed by atoms with E-state index < -0.39 is 0 Å². The summed E-state index contributed by atoms with van der Waals surface area (Å²) in [5.41, 5.74) is 2.74. The first-order valence-electron chi connectivity index (χ1n) is 12.6. The van der Waals surface area contributed by atoms with Gasteiger partial charge in [-0.25, -0.2) is 9.78 Å². The van der Waals surface area contributed by atoms with Gasteiger partial charge in [0.25, 0.3) is 0 Å². The summed E-state index contributed by atoms with van der Waals surface area (Å²) in [6.07, 6.45) is 4.01. The highest BCUT2D eigenvalue weighted by Crippen LogP contribution is 2.26. The maximum absolute atomic E-state index is 11.8. The van der Waals surface area contributed by atoms with Crippen LogP contribution in [-0.4, -0.2) is 62.3 Å². The number of nitrogens with zero attached hydrogens (tertiary/aromatic N) is 3. The van der Waals surface area contributed by atoms with Crippen molar-refractivity contribution in [1.82, 2.24) is 9.88 Å². The van der Waals surface area contributed by atoms with Crippen LogP contribution in [0.25, 0.3) is 16.8 Å². The lowest BCUT2D eigenvalue weighted by Crippen LogP contribution is -2.47. The first kappa shape index (κ1) is 24.5. The first-order chi connectivity index (χ1) is 18.2. The SMILES string of the molecule is COC(=O)c1ccc(C=C(COc2cccc3ccccc23)CN2CCN(c3ccccn3)CC2)cc1. The fourth-order valence-electron chi connectivity index (χ4n) is 4.66. The maximum Gasteiger partial charge on any atom is 0.337 e. The van der Waals surface area contributed by atoms with Gasteiger partial charge >= 0.3 is 5.97 Å². The van der Waals surface area contributed by atoms with Crippen molar-refractivity contribution < 1.29 is 14.3 Å². The molecule has 4 aromatic rings. The number of methoxy groups -OCH3 is 1. The number of carbonyl (C=O) groups excluding carboxylic acids is 1. The zero-order valence-corrected chi connectivity index (χ0v) is 21.0. The van der Waals surface area contributed by atoms with E-state index in [4.69, 9.17) is 9.47 Å². The van der Waals surface area contributed by atoms with Crippen LogP contribution in [0, 0.1) is 0 Å². The minimum Gasteiger partial charge on any atom is -0.489 e. The molecule has 6 heteroatoms. The molecule has 2 heterocycles. The Hall–Kier alpha value is -4.16. The summed E-state index contributed by atoms with van der Waals surface area (Å²) in [5.74, 6) is 1.58. The average Bonchev–Trinajstić information content (AvgIpc) is 2.96. The highest BCUT2D eigenvalue weighted by atomic mass is 16.5. The summed E-state index contributed by atoms with van der Waals surface area (Å²) in [7, 11) is 1.40. The Morgan fingerprint density at radius 2 is 1.65 bits per heavy atom. The molecule has 0 atom stereocenters. The Morgan fingerprint density at radius 1 is 0.892 bits per heavy atom. The van der Waals surface area contributed by atoms with Gasteiger partial charge in [-0.05, 0) is 46.9 Å². The van der Waals surface area contributed by atoms with Crippen LogP contribution in [0.1, 0.15) is 15.9 Å². The quantitative estimate of drug-likeness (QED) is 0.310. The monoisotopic (exact) mass is 493 g/mol. The van der Waals surface area contributed by atoms with Crippen molar-refractivity contribution in [3.63, 3.8) is 0 Å². The Morgan fingerprint density at radius 3 is 2.41 bits per heavy atom. The van der Waals surface area contributed by atoms with Crippen molar-refractivity contribution >= 4 is 28.6 Å². The lowest BCUT2D eigenvalue weighted by Gasteiger charge is -2.35. The Balaban J connectivity index is 1.32. The number of fused-ring (bicyclic) bond motifs is 1. The molecular weight excluding hydrogens is 462 g/mol. The van der Waals surface area contributed by atoms with Gasteiger partial charge in [0, 0.05) is 44.3 Å². The second-order valence-corrected chi connectivity index (χ2v) is 9.13. The molecular formula is C31H31N3O3. The predicted octanol–water partition coefficient (Wildman–Crippen LogP) is 5.31. The Bertz CT molecular complexity index is 1360. The number of aromatic nitrogens is 1. The van der Waals surface area contributed by atoms with Crippen LogP contribution < -0.4 is 9.64 Å². The van der Waals surface area contributed by atoms with Crippen LogP contribution >= 0.6 is 0 Å². The van der Waals surface area contributed by atoms with Gasteiger partial charge in [-0.1, -0.05) is 60.7 Å². The van der Waals surface area contributed by atoms with E-state index in [0.717, 1.165) is 60.6 Å². The van der Waals surface area contributed by atoms with Crippen LogP contribution in [0.5, 0.6) is 5.75 Å². The standard InChI is InChI=1S/C31H31N3O3/c1-36-31(35)27-14-12-24(13-15-27)21-25(23-37-29-10-6-8-26-7-2-3-9-28(26)29)22-33-17-19-34(20-18-33)30-11-4-5-16-32-30/h2-16,21H,17-20,22-23H2,1H3. The zero-order valence-electron chi connectivity index (χ0n) is 21.0. The third kappa shape index (κ3) is 6.16. The third-order valence-corrected chi connectivity index (χ3v) is 6.64. The number of pyridine rings is 1. The molecule has 0 aliphatic carbocycles. The Labute approximate surface area is 217 Å². The number of anilines is 1. The zero-order chi connectivity index (χ0) is 25.5. The minimum atomic E-state index is -0.333. The van der Waals surface area contributed by atoms with Crippen LogP contribution in [0.3, 0.4) is 0 Å². The van der Waals surface area contributed by atoms with Crippen LogP contribution in [0.15, 0.2) is 96.7 Å². The van der Waals surface area contributed by atoms with Crippen LogP contribution in [0.2, 0.25) is 0 Å². The highest BCUT2D eigenvalue weighted by Gasteiger charge is 2.19. The lowest BCUT2D eigenvalue weighted by molar-refractivity contribution is 0.0600. The number of piperazine rings is 1. The van der Waals surface area contributed by atoms with E-state index in [9.17, 15) is 4.79 Å². The molecule has 0 N–H and O–H groups in total. The predicted molar refractivity (Wildman–Crippen MR) is 148 cm³/mol. The molecule has 0 unspecified atom stereocenters. The van der Waals surface area contributed by atoms with E-state index in [-0.39, 0.29) is 5.97 Å².